The predicted octanol–water partition coefficient (Wildman–Crippen LogP) is 1.67. The van der Waals surface area contributed by atoms with Crippen LogP contribution in [-0.4, -0.2) is 56.7 Å². The van der Waals surface area contributed by atoms with Crippen LogP contribution >= 0.6 is 0 Å². The molecule has 0 atom stereocenters. The second kappa shape index (κ2) is 5.65. The summed E-state index contributed by atoms with van der Waals surface area (Å²) in [5, 5.41) is 0. The average Bonchev–Trinajstić information content (AvgIpc) is 2.37. The van der Waals surface area contributed by atoms with E-state index in [0.717, 1.165) is 9.80 Å². The smallest absolute Gasteiger partial charge is 0.332 e. The van der Waals surface area contributed by atoms with Gasteiger partial charge < -0.3 is 4.43 Å². The molecule has 0 unspecified atom stereocenters. The molecule has 20 heavy (non-hydrogen) atoms. The highest BCUT2D eigenvalue weighted by molar-refractivity contribution is 6.69. The second-order valence-electron chi connectivity index (χ2n) is 6.16. The maximum atomic E-state index is 12.4. The molecule has 1 fully saturated rings. The molecule has 1 aliphatic rings. The first-order chi connectivity index (χ1) is 9.07. The number of carbonyl (C=O) groups excluding carboxylic acids is 3. The minimum atomic E-state index is -1.70. The molecule has 0 N–H and O–H groups in total. The predicted molar refractivity (Wildman–Crippen MR) is 77.6 cm³/mol. The van der Waals surface area contributed by atoms with E-state index in [1.54, 1.807) is 6.92 Å². The van der Waals surface area contributed by atoms with Crippen molar-refractivity contribution in [3.8, 4) is 0 Å². The lowest BCUT2D eigenvalue weighted by molar-refractivity contribution is -0.158. The molecular formula is C13H24N2O4Si. The standard InChI is InChI=1S/C13H24N2O4Si/c1-7-13(8-9-19-20(4,5)6)10(16)14(2)12(18)15(3)11(13)17/h7-9H2,1-6H3. The van der Waals surface area contributed by atoms with Crippen molar-refractivity contribution in [2.24, 2.45) is 5.41 Å². The van der Waals surface area contributed by atoms with Gasteiger partial charge in [0.2, 0.25) is 11.8 Å². The van der Waals surface area contributed by atoms with Crippen molar-refractivity contribution >= 4 is 26.2 Å². The molecule has 0 saturated carbocycles. The highest BCUT2D eigenvalue weighted by Gasteiger charge is 2.53. The van der Waals surface area contributed by atoms with E-state index in [2.05, 4.69) is 19.6 Å². The zero-order valence-corrected chi connectivity index (χ0v) is 14.1. The zero-order chi connectivity index (χ0) is 15.7. The monoisotopic (exact) mass is 300 g/mol. The second-order valence-corrected chi connectivity index (χ2v) is 10.7. The molecule has 7 heteroatoms. The van der Waals surface area contributed by atoms with Gasteiger partial charge >= 0.3 is 6.03 Å². The van der Waals surface area contributed by atoms with Gasteiger partial charge in [0.15, 0.2) is 8.32 Å². The number of amides is 4. The summed E-state index contributed by atoms with van der Waals surface area (Å²) in [7, 11) is 1.13. The van der Waals surface area contributed by atoms with Gasteiger partial charge in [0, 0.05) is 20.7 Å². The lowest BCUT2D eigenvalue weighted by Gasteiger charge is -2.41. The molecule has 0 aromatic rings. The minimum absolute atomic E-state index is 0.313. The first-order valence-electron chi connectivity index (χ1n) is 6.81. The molecule has 1 aliphatic heterocycles. The average molecular weight is 300 g/mol. The Hall–Kier alpha value is -1.21. The Labute approximate surface area is 121 Å². The van der Waals surface area contributed by atoms with Crippen molar-refractivity contribution in [2.45, 2.75) is 39.4 Å². The van der Waals surface area contributed by atoms with E-state index in [0.29, 0.717) is 19.4 Å². The summed E-state index contributed by atoms with van der Waals surface area (Å²) in [6.07, 6.45) is 0.676. The molecule has 0 radical (unpaired) electrons. The lowest BCUT2D eigenvalue weighted by atomic mass is 9.78. The summed E-state index contributed by atoms with van der Waals surface area (Å²) in [4.78, 5) is 38.7. The third kappa shape index (κ3) is 2.93. The van der Waals surface area contributed by atoms with Crippen molar-refractivity contribution in [3.63, 3.8) is 0 Å². The third-order valence-electron chi connectivity index (χ3n) is 3.67. The number of carbonyl (C=O) groups is 3. The number of urea groups is 1. The minimum Gasteiger partial charge on any atom is -0.418 e. The van der Waals surface area contributed by atoms with Crippen LogP contribution < -0.4 is 0 Å². The molecule has 114 valence electrons. The quantitative estimate of drug-likeness (QED) is 0.572. The molecule has 0 bridgehead atoms. The van der Waals surface area contributed by atoms with Gasteiger partial charge in [-0.2, -0.15) is 0 Å². The van der Waals surface area contributed by atoms with Crippen molar-refractivity contribution in [2.75, 3.05) is 20.7 Å². The number of barbiturate groups is 1. The molecular weight excluding hydrogens is 276 g/mol. The first kappa shape index (κ1) is 16.8. The van der Waals surface area contributed by atoms with Crippen LogP contribution in [0, 0.1) is 5.41 Å². The summed E-state index contributed by atoms with van der Waals surface area (Å²) in [6.45, 7) is 8.31. The number of hydrogen-bond donors (Lipinski definition) is 0. The SMILES string of the molecule is CCC1(CCO[Si](C)(C)C)C(=O)N(C)C(=O)N(C)C1=O. The Bertz CT molecular complexity index is 407. The molecule has 4 amide bonds. The Balaban J connectivity index is 2.97. The Morgan fingerprint density at radius 2 is 1.50 bits per heavy atom. The van der Waals surface area contributed by atoms with Crippen molar-refractivity contribution < 1.29 is 18.8 Å². The van der Waals surface area contributed by atoms with Crippen LogP contribution in [0.5, 0.6) is 0 Å². The molecule has 1 saturated heterocycles. The van der Waals surface area contributed by atoms with Crippen LogP contribution in [0.1, 0.15) is 19.8 Å². The largest absolute Gasteiger partial charge is 0.418 e. The summed E-state index contributed by atoms with van der Waals surface area (Å²) in [5.41, 5.74) is -1.17. The van der Waals surface area contributed by atoms with Crippen LogP contribution in [0.15, 0.2) is 0 Å². The van der Waals surface area contributed by atoms with Gasteiger partial charge in [0.05, 0.1) is 0 Å². The van der Waals surface area contributed by atoms with Crippen LogP contribution in [0.3, 0.4) is 0 Å². The van der Waals surface area contributed by atoms with Gasteiger partial charge in [-0.1, -0.05) is 6.92 Å². The molecule has 0 spiro atoms. The fourth-order valence-corrected chi connectivity index (χ4v) is 3.07. The number of hydrogen-bond acceptors (Lipinski definition) is 4. The number of imide groups is 2. The highest BCUT2D eigenvalue weighted by atomic mass is 28.4. The van der Waals surface area contributed by atoms with Gasteiger partial charge in [-0.05, 0) is 32.5 Å². The number of nitrogens with zero attached hydrogens (tertiary/aromatic N) is 2. The molecule has 0 aliphatic carbocycles. The van der Waals surface area contributed by atoms with Gasteiger partial charge in [-0.3, -0.25) is 19.4 Å². The van der Waals surface area contributed by atoms with E-state index in [1.165, 1.54) is 14.1 Å². The molecule has 6 nitrogen and oxygen atoms in total. The van der Waals surface area contributed by atoms with Crippen LogP contribution in [-0.2, 0) is 14.0 Å². The van der Waals surface area contributed by atoms with Crippen LogP contribution in [0.4, 0.5) is 4.79 Å². The maximum absolute atomic E-state index is 12.4. The van der Waals surface area contributed by atoms with E-state index in [4.69, 9.17) is 4.43 Å². The van der Waals surface area contributed by atoms with Crippen molar-refractivity contribution in [1.82, 2.24) is 9.80 Å². The highest BCUT2D eigenvalue weighted by Crippen LogP contribution is 2.35. The van der Waals surface area contributed by atoms with Gasteiger partial charge in [0.25, 0.3) is 0 Å². The fraction of sp³-hybridized carbons (Fsp3) is 0.769. The molecule has 0 aromatic carbocycles. The van der Waals surface area contributed by atoms with E-state index in [1.807, 2.05) is 0 Å². The van der Waals surface area contributed by atoms with Crippen molar-refractivity contribution in [1.29, 1.82) is 0 Å². The third-order valence-corrected chi connectivity index (χ3v) is 4.74. The molecule has 0 aromatic heterocycles. The summed E-state index contributed by atoms with van der Waals surface area (Å²) in [6, 6.07) is -0.574. The van der Waals surface area contributed by atoms with E-state index in [9.17, 15) is 14.4 Å². The Kier molecular flexibility index (Phi) is 4.76. The Morgan fingerprint density at radius 1 is 1.05 bits per heavy atom. The summed E-state index contributed by atoms with van der Waals surface area (Å²) >= 11 is 0. The Morgan fingerprint density at radius 3 is 1.85 bits per heavy atom. The van der Waals surface area contributed by atoms with E-state index < -0.39 is 31.6 Å². The normalized spacial score (nSPS) is 19.8. The van der Waals surface area contributed by atoms with E-state index >= 15 is 0 Å². The number of rotatable bonds is 5. The lowest BCUT2D eigenvalue weighted by Crippen LogP contribution is -2.63. The molecule has 1 heterocycles. The van der Waals surface area contributed by atoms with Crippen molar-refractivity contribution in [3.05, 3.63) is 0 Å². The fourth-order valence-electron chi connectivity index (χ4n) is 2.36. The first-order valence-corrected chi connectivity index (χ1v) is 10.2. The summed E-state index contributed by atoms with van der Waals surface area (Å²) in [5.74, 6) is -0.848. The van der Waals surface area contributed by atoms with Gasteiger partial charge in [-0.25, -0.2) is 4.79 Å². The summed E-state index contributed by atoms with van der Waals surface area (Å²) < 4.78 is 5.77. The van der Waals surface area contributed by atoms with Gasteiger partial charge in [-0.15, -0.1) is 0 Å². The topological polar surface area (TPSA) is 66.9 Å². The maximum Gasteiger partial charge on any atom is 0.332 e. The molecule has 1 rings (SSSR count). The van der Waals surface area contributed by atoms with E-state index in [-0.39, 0.29) is 0 Å². The van der Waals surface area contributed by atoms with Crippen LogP contribution in [0.2, 0.25) is 19.6 Å². The van der Waals surface area contributed by atoms with Crippen LogP contribution in [0.25, 0.3) is 0 Å². The zero-order valence-electron chi connectivity index (χ0n) is 13.1. The van der Waals surface area contributed by atoms with Gasteiger partial charge in [0.1, 0.15) is 5.41 Å².